The number of hydrogen-bond acceptors (Lipinski definition) is 8. The number of sulfonamides is 1. The van der Waals surface area contributed by atoms with E-state index in [-0.39, 0.29) is 10.3 Å². The third-order valence-electron chi connectivity index (χ3n) is 3.00. The molecule has 1 aromatic heterocycles. The highest BCUT2D eigenvalue weighted by molar-refractivity contribution is 7.92. The molecule has 9 nitrogen and oxygen atoms in total. The lowest BCUT2D eigenvalue weighted by Crippen LogP contribution is -2.28. The van der Waals surface area contributed by atoms with Gasteiger partial charge in [0.2, 0.25) is 26.4 Å². The number of rotatable bonds is 5. The molecule has 1 aliphatic heterocycles. The molecule has 1 aromatic carbocycles. The minimum Gasteiger partial charge on any atom is -0.382 e. The first-order valence-electron chi connectivity index (χ1n) is 6.81. The number of amides is 1. The van der Waals surface area contributed by atoms with Gasteiger partial charge >= 0.3 is 0 Å². The van der Waals surface area contributed by atoms with Gasteiger partial charge in [-0.2, -0.15) is 0 Å². The molecule has 0 fully saturated rings. The van der Waals surface area contributed by atoms with Crippen LogP contribution in [-0.2, 0) is 19.7 Å². The average molecular weight is 367 g/mol. The first-order valence-corrected chi connectivity index (χ1v) is 9.52. The van der Waals surface area contributed by atoms with E-state index in [1.165, 1.54) is 0 Å². The molecule has 0 saturated heterocycles. The van der Waals surface area contributed by atoms with Crippen LogP contribution >= 0.6 is 11.3 Å². The van der Waals surface area contributed by atoms with Crippen LogP contribution in [0, 0.1) is 0 Å². The van der Waals surface area contributed by atoms with E-state index in [9.17, 15) is 13.2 Å². The lowest BCUT2D eigenvalue weighted by atomic mass is 10.1. The number of benzene rings is 1. The minimum absolute atomic E-state index is 0.0707. The van der Waals surface area contributed by atoms with Gasteiger partial charge in [0.15, 0.2) is 0 Å². The van der Waals surface area contributed by atoms with Crippen molar-refractivity contribution in [1.29, 1.82) is 0 Å². The van der Waals surface area contributed by atoms with Gasteiger partial charge in [0.25, 0.3) is 5.91 Å². The quantitative estimate of drug-likeness (QED) is 0.814. The fraction of sp³-hybridized carbons (Fsp3) is 0.231. The molecular formula is C13H13N5O4S2. The summed E-state index contributed by atoms with van der Waals surface area (Å²) in [5.41, 5.74) is 1.58. The van der Waals surface area contributed by atoms with E-state index in [2.05, 4.69) is 25.4 Å². The maximum atomic E-state index is 12.2. The standard InChI is InChI=1S/C13H13N5O4S2/c1-24(20,21)18-13-16-15-12(23-13)14-11(19)10-7-9(17-22-10)8-5-3-2-4-6-8/h2-6,10H,7H2,1H3,(H,16,18)(H,14,15,19). The van der Waals surface area contributed by atoms with Crippen LogP contribution in [0.25, 0.3) is 0 Å². The smallest absolute Gasteiger partial charge is 0.270 e. The van der Waals surface area contributed by atoms with Crippen LogP contribution in [0.15, 0.2) is 35.5 Å². The van der Waals surface area contributed by atoms with Crippen molar-refractivity contribution in [2.24, 2.45) is 5.16 Å². The van der Waals surface area contributed by atoms with Crippen molar-refractivity contribution in [2.45, 2.75) is 12.5 Å². The van der Waals surface area contributed by atoms with Crippen LogP contribution in [0.2, 0.25) is 0 Å². The molecule has 0 radical (unpaired) electrons. The molecule has 2 N–H and O–H groups in total. The number of nitrogens with zero attached hydrogens (tertiary/aromatic N) is 3. The van der Waals surface area contributed by atoms with E-state index < -0.39 is 22.0 Å². The predicted molar refractivity (Wildman–Crippen MR) is 89.5 cm³/mol. The summed E-state index contributed by atoms with van der Waals surface area (Å²) in [4.78, 5) is 17.3. The van der Waals surface area contributed by atoms with Crippen LogP contribution in [0.1, 0.15) is 12.0 Å². The summed E-state index contributed by atoms with van der Waals surface area (Å²) in [6.45, 7) is 0. The van der Waals surface area contributed by atoms with Crippen LogP contribution in [0.5, 0.6) is 0 Å². The highest BCUT2D eigenvalue weighted by atomic mass is 32.2. The Kier molecular flexibility index (Phi) is 4.44. The number of anilines is 2. The van der Waals surface area contributed by atoms with Crippen molar-refractivity contribution in [3.05, 3.63) is 35.9 Å². The Morgan fingerprint density at radius 3 is 2.67 bits per heavy atom. The second kappa shape index (κ2) is 6.53. The molecule has 0 saturated carbocycles. The first kappa shape index (κ1) is 16.3. The number of carbonyl (C=O) groups excluding carboxylic acids is 1. The molecule has 1 atom stereocenters. The van der Waals surface area contributed by atoms with Crippen molar-refractivity contribution >= 4 is 43.2 Å². The lowest BCUT2D eigenvalue weighted by Gasteiger charge is -2.06. The summed E-state index contributed by atoms with van der Waals surface area (Å²) in [6, 6.07) is 9.42. The topological polar surface area (TPSA) is 123 Å². The van der Waals surface area contributed by atoms with E-state index >= 15 is 0 Å². The zero-order valence-corrected chi connectivity index (χ0v) is 14.1. The fourth-order valence-corrected chi connectivity index (χ4v) is 3.46. The largest absolute Gasteiger partial charge is 0.382 e. The van der Waals surface area contributed by atoms with E-state index in [1.54, 1.807) is 0 Å². The van der Waals surface area contributed by atoms with Crippen LogP contribution in [-0.4, -0.2) is 42.6 Å². The number of carbonyl (C=O) groups is 1. The number of nitrogens with one attached hydrogen (secondary N) is 2. The molecule has 1 unspecified atom stereocenters. The minimum atomic E-state index is -3.44. The van der Waals surface area contributed by atoms with Crippen LogP contribution in [0.4, 0.5) is 10.3 Å². The van der Waals surface area contributed by atoms with Gasteiger partial charge in [-0.1, -0.05) is 46.8 Å². The molecule has 1 aliphatic rings. The van der Waals surface area contributed by atoms with Gasteiger partial charge in [-0.05, 0) is 5.56 Å². The summed E-state index contributed by atoms with van der Waals surface area (Å²) in [6.07, 6.45) is 0.570. The Balaban J connectivity index is 1.59. The molecule has 3 rings (SSSR count). The fourth-order valence-electron chi connectivity index (χ4n) is 1.98. The molecule has 2 aromatic rings. The van der Waals surface area contributed by atoms with Gasteiger partial charge in [0, 0.05) is 6.42 Å². The van der Waals surface area contributed by atoms with E-state index in [1.807, 2.05) is 30.3 Å². The molecule has 0 spiro atoms. The maximum absolute atomic E-state index is 12.2. The predicted octanol–water partition coefficient (Wildman–Crippen LogP) is 1.04. The van der Waals surface area contributed by atoms with Crippen molar-refractivity contribution in [1.82, 2.24) is 10.2 Å². The second-order valence-corrected chi connectivity index (χ2v) is 7.70. The highest BCUT2D eigenvalue weighted by Gasteiger charge is 2.29. The monoisotopic (exact) mass is 367 g/mol. The Bertz CT molecular complexity index is 879. The maximum Gasteiger partial charge on any atom is 0.270 e. The molecule has 24 heavy (non-hydrogen) atoms. The second-order valence-electron chi connectivity index (χ2n) is 4.98. The highest BCUT2D eigenvalue weighted by Crippen LogP contribution is 2.23. The summed E-state index contributed by atoms with van der Waals surface area (Å²) in [7, 11) is -3.44. The zero-order valence-electron chi connectivity index (χ0n) is 12.5. The van der Waals surface area contributed by atoms with Crippen molar-refractivity contribution in [3.63, 3.8) is 0 Å². The SMILES string of the molecule is CS(=O)(=O)Nc1nnc(NC(=O)C2CC(c3ccccc3)=NO2)s1. The third kappa shape index (κ3) is 4.06. The van der Waals surface area contributed by atoms with E-state index in [0.29, 0.717) is 12.1 Å². The molecule has 1 amide bonds. The normalized spacial score (nSPS) is 17.0. The summed E-state index contributed by atoms with van der Waals surface area (Å²) >= 11 is 0.907. The molecular weight excluding hydrogens is 354 g/mol. The average Bonchev–Trinajstić information content (AvgIpc) is 3.16. The Hall–Kier alpha value is -2.53. The zero-order chi connectivity index (χ0) is 17.2. The lowest BCUT2D eigenvalue weighted by molar-refractivity contribution is -0.125. The van der Waals surface area contributed by atoms with E-state index in [4.69, 9.17) is 4.84 Å². The Morgan fingerprint density at radius 2 is 1.96 bits per heavy atom. The third-order valence-corrected chi connectivity index (χ3v) is 4.44. The van der Waals surface area contributed by atoms with Gasteiger partial charge in [-0.3, -0.25) is 14.8 Å². The van der Waals surface area contributed by atoms with Gasteiger partial charge in [0.05, 0.1) is 12.0 Å². The summed E-state index contributed by atoms with van der Waals surface area (Å²) < 4.78 is 24.4. The van der Waals surface area contributed by atoms with Gasteiger partial charge < -0.3 is 4.84 Å². The van der Waals surface area contributed by atoms with Crippen molar-refractivity contribution < 1.29 is 18.0 Å². The first-order chi connectivity index (χ1) is 11.4. The van der Waals surface area contributed by atoms with Gasteiger partial charge in [0.1, 0.15) is 0 Å². The Labute approximate surface area is 141 Å². The molecule has 0 bridgehead atoms. The molecule has 126 valence electrons. The summed E-state index contributed by atoms with van der Waals surface area (Å²) in [5.74, 6) is -0.424. The number of hydrogen-bond donors (Lipinski definition) is 2. The van der Waals surface area contributed by atoms with Crippen molar-refractivity contribution in [2.75, 3.05) is 16.3 Å². The van der Waals surface area contributed by atoms with Crippen molar-refractivity contribution in [3.8, 4) is 0 Å². The van der Waals surface area contributed by atoms with Crippen LogP contribution < -0.4 is 10.0 Å². The van der Waals surface area contributed by atoms with Gasteiger partial charge in [-0.15, -0.1) is 10.2 Å². The molecule has 2 heterocycles. The molecule has 11 heteroatoms. The number of aromatic nitrogens is 2. The molecule has 0 aliphatic carbocycles. The Morgan fingerprint density at radius 1 is 1.25 bits per heavy atom. The van der Waals surface area contributed by atoms with Gasteiger partial charge in [-0.25, -0.2) is 8.42 Å². The number of oxime groups is 1. The summed E-state index contributed by atoms with van der Waals surface area (Å²) in [5, 5.41) is 14.1. The van der Waals surface area contributed by atoms with Crippen LogP contribution in [0.3, 0.4) is 0 Å². The van der Waals surface area contributed by atoms with E-state index in [0.717, 1.165) is 23.2 Å².